The van der Waals surface area contributed by atoms with E-state index < -0.39 is 5.54 Å². The molecule has 6 heteroatoms. The molecule has 3 N–H and O–H groups in total. The Morgan fingerprint density at radius 2 is 2.44 bits per heavy atom. The maximum atomic E-state index is 11.9. The van der Waals surface area contributed by atoms with E-state index in [1.807, 2.05) is 19.2 Å². The van der Waals surface area contributed by atoms with Crippen LogP contribution in [0.2, 0.25) is 0 Å². The molecule has 1 amide bonds. The van der Waals surface area contributed by atoms with Crippen LogP contribution in [-0.4, -0.2) is 28.2 Å². The third kappa shape index (κ3) is 3.05. The molecule has 100 valence electrons. The van der Waals surface area contributed by atoms with Crippen molar-refractivity contribution >= 4 is 29.0 Å². The van der Waals surface area contributed by atoms with E-state index in [1.54, 1.807) is 29.3 Å². The van der Waals surface area contributed by atoms with Crippen LogP contribution < -0.4 is 11.1 Å². The fourth-order valence-corrected chi connectivity index (χ4v) is 4.09. The van der Waals surface area contributed by atoms with E-state index in [4.69, 9.17) is 5.73 Å². The molecule has 0 bridgehead atoms. The van der Waals surface area contributed by atoms with E-state index in [1.165, 1.54) is 0 Å². The molecule has 0 radical (unpaired) electrons. The molecule has 1 atom stereocenters. The Morgan fingerprint density at radius 1 is 1.72 bits per heavy atom. The number of primary amides is 1. The summed E-state index contributed by atoms with van der Waals surface area (Å²) in [7, 11) is 0. The number of thioether (sulfide) groups is 1. The summed E-state index contributed by atoms with van der Waals surface area (Å²) >= 11 is 3.22. The minimum atomic E-state index is -0.579. The second-order valence-corrected chi connectivity index (χ2v) is 7.11. The molecule has 0 spiro atoms. The lowest BCUT2D eigenvalue weighted by Gasteiger charge is -2.33. The first-order valence-electron chi connectivity index (χ1n) is 6.14. The molecule has 1 aromatic heterocycles. The quantitative estimate of drug-likeness (QED) is 0.750. The summed E-state index contributed by atoms with van der Waals surface area (Å²) in [4.78, 5) is 16.2. The van der Waals surface area contributed by atoms with Crippen molar-refractivity contribution < 1.29 is 4.79 Å². The number of aromatic nitrogens is 1. The van der Waals surface area contributed by atoms with E-state index in [-0.39, 0.29) is 11.9 Å². The second-order valence-electron chi connectivity index (χ2n) is 5.00. The summed E-state index contributed by atoms with van der Waals surface area (Å²) in [5.74, 6) is 0.811. The Hall–Kier alpha value is -0.590. The lowest BCUT2D eigenvalue weighted by molar-refractivity contribution is -0.124. The standard InChI is InChI=1S/C12H19N3OS2/c1-8(2)15-12(10(13)16,9-3-4-9)7-18-11-14-5-6-17-11/h5-6,8-9,15H,3-4,7H2,1-2H3,(H2,13,16). The molecule has 1 saturated carbocycles. The first-order chi connectivity index (χ1) is 8.54. The minimum Gasteiger partial charge on any atom is -0.368 e. The number of hydrogen-bond donors (Lipinski definition) is 2. The number of hydrogen-bond acceptors (Lipinski definition) is 5. The molecule has 1 fully saturated rings. The predicted molar refractivity (Wildman–Crippen MR) is 75.8 cm³/mol. The molecular weight excluding hydrogens is 266 g/mol. The van der Waals surface area contributed by atoms with Crippen molar-refractivity contribution in [2.75, 3.05) is 5.75 Å². The van der Waals surface area contributed by atoms with Crippen LogP contribution in [0.25, 0.3) is 0 Å². The monoisotopic (exact) mass is 285 g/mol. The van der Waals surface area contributed by atoms with Gasteiger partial charge < -0.3 is 11.1 Å². The second kappa shape index (κ2) is 5.59. The van der Waals surface area contributed by atoms with E-state index in [9.17, 15) is 4.79 Å². The summed E-state index contributed by atoms with van der Waals surface area (Å²) < 4.78 is 0.992. The van der Waals surface area contributed by atoms with Gasteiger partial charge in [-0.3, -0.25) is 4.79 Å². The molecule has 4 nitrogen and oxygen atoms in total. The van der Waals surface area contributed by atoms with Gasteiger partial charge in [-0.2, -0.15) is 0 Å². The Labute approximate surface area is 116 Å². The van der Waals surface area contributed by atoms with Crippen LogP contribution >= 0.6 is 23.1 Å². The molecule has 1 heterocycles. The van der Waals surface area contributed by atoms with Gasteiger partial charge in [-0.25, -0.2) is 4.98 Å². The number of carbonyl (C=O) groups is 1. The number of carbonyl (C=O) groups excluding carboxylic acids is 1. The molecule has 1 aliphatic carbocycles. The van der Waals surface area contributed by atoms with Crippen molar-refractivity contribution in [2.45, 2.75) is 42.6 Å². The highest BCUT2D eigenvalue weighted by Crippen LogP contribution is 2.42. The van der Waals surface area contributed by atoms with Gasteiger partial charge in [0.05, 0.1) is 0 Å². The van der Waals surface area contributed by atoms with Crippen molar-refractivity contribution in [3.8, 4) is 0 Å². The van der Waals surface area contributed by atoms with Gasteiger partial charge in [0, 0.05) is 23.4 Å². The molecule has 0 saturated heterocycles. The molecule has 0 aliphatic heterocycles. The topological polar surface area (TPSA) is 68.0 Å². The van der Waals surface area contributed by atoms with Gasteiger partial charge in [-0.1, -0.05) is 11.8 Å². The number of amides is 1. The van der Waals surface area contributed by atoms with Gasteiger partial charge in [0.15, 0.2) is 0 Å². The molecule has 1 aromatic rings. The molecule has 1 unspecified atom stereocenters. The fourth-order valence-electron chi connectivity index (χ4n) is 2.17. The van der Waals surface area contributed by atoms with Crippen LogP contribution in [0.1, 0.15) is 26.7 Å². The number of nitrogens with zero attached hydrogens (tertiary/aromatic N) is 1. The van der Waals surface area contributed by atoms with Crippen molar-refractivity contribution in [1.82, 2.24) is 10.3 Å². The Kier molecular flexibility index (Phi) is 4.29. The van der Waals surface area contributed by atoms with Gasteiger partial charge in [-0.15, -0.1) is 11.3 Å². The highest BCUT2D eigenvalue weighted by molar-refractivity contribution is 8.01. The van der Waals surface area contributed by atoms with E-state index >= 15 is 0 Å². The minimum absolute atomic E-state index is 0.234. The first-order valence-corrected chi connectivity index (χ1v) is 8.01. The van der Waals surface area contributed by atoms with Crippen LogP contribution in [0.3, 0.4) is 0 Å². The predicted octanol–water partition coefficient (Wildman–Crippen LogP) is 1.87. The first kappa shape index (κ1) is 13.8. The van der Waals surface area contributed by atoms with Crippen LogP contribution in [0.4, 0.5) is 0 Å². The van der Waals surface area contributed by atoms with Gasteiger partial charge in [-0.05, 0) is 32.6 Å². The number of nitrogens with one attached hydrogen (secondary N) is 1. The van der Waals surface area contributed by atoms with Crippen LogP contribution in [0, 0.1) is 5.92 Å². The van der Waals surface area contributed by atoms with Gasteiger partial charge in [0.1, 0.15) is 9.88 Å². The van der Waals surface area contributed by atoms with Crippen LogP contribution in [0.5, 0.6) is 0 Å². The van der Waals surface area contributed by atoms with Crippen LogP contribution in [0.15, 0.2) is 15.9 Å². The summed E-state index contributed by atoms with van der Waals surface area (Å²) in [6.45, 7) is 4.10. The van der Waals surface area contributed by atoms with Crippen molar-refractivity contribution in [3.63, 3.8) is 0 Å². The van der Waals surface area contributed by atoms with E-state index in [0.717, 1.165) is 17.2 Å². The summed E-state index contributed by atoms with van der Waals surface area (Å²) in [5.41, 5.74) is 5.09. The number of thiazole rings is 1. The zero-order chi connectivity index (χ0) is 13.2. The largest absolute Gasteiger partial charge is 0.368 e. The van der Waals surface area contributed by atoms with Gasteiger partial charge in [0.25, 0.3) is 0 Å². The maximum Gasteiger partial charge on any atom is 0.238 e. The van der Waals surface area contributed by atoms with Crippen LogP contribution in [-0.2, 0) is 4.79 Å². The molecule has 2 rings (SSSR count). The zero-order valence-electron chi connectivity index (χ0n) is 10.7. The SMILES string of the molecule is CC(C)NC(CSc1nccs1)(C(N)=O)C1CC1. The summed E-state index contributed by atoms with van der Waals surface area (Å²) in [6, 6.07) is 0.245. The lowest BCUT2D eigenvalue weighted by Crippen LogP contribution is -2.61. The van der Waals surface area contributed by atoms with E-state index in [2.05, 4.69) is 10.3 Å². The van der Waals surface area contributed by atoms with Crippen molar-refractivity contribution in [2.24, 2.45) is 11.7 Å². The summed E-state index contributed by atoms with van der Waals surface area (Å²) in [6.07, 6.45) is 3.95. The van der Waals surface area contributed by atoms with E-state index in [0.29, 0.717) is 11.7 Å². The van der Waals surface area contributed by atoms with Crippen molar-refractivity contribution in [3.05, 3.63) is 11.6 Å². The Balaban J connectivity index is 2.10. The fraction of sp³-hybridized carbons (Fsp3) is 0.667. The number of rotatable bonds is 7. The molecule has 18 heavy (non-hydrogen) atoms. The average Bonchev–Trinajstić information content (AvgIpc) is 3.01. The molecule has 1 aliphatic rings. The highest BCUT2D eigenvalue weighted by atomic mass is 32.2. The Bertz CT molecular complexity index is 403. The van der Waals surface area contributed by atoms with Gasteiger partial charge in [0.2, 0.25) is 5.91 Å². The molecular formula is C12H19N3OS2. The number of nitrogens with two attached hydrogens (primary N) is 1. The third-order valence-corrected chi connectivity index (χ3v) is 5.25. The highest BCUT2D eigenvalue weighted by Gasteiger charge is 2.50. The normalized spacial score (nSPS) is 18.8. The lowest BCUT2D eigenvalue weighted by atomic mass is 9.93. The molecule has 0 aromatic carbocycles. The van der Waals surface area contributed by atoms with Crippen molar-refractivity contribution in [1.29, 1.82) is 0 Å². The Morgan fingerprint density at radius 3 is 2.89 bits per heavy atom. The van der Waals surface area contributed by atoms with Gasteiger partial charge >= 0.3 is 0 Å². The average molecular weight is 285 g/mol. The third-order valence-electron chi connectivity index (χ3n) is 3.09. The smallest absolute Gasteiger partial charge is 0.238 e. The zero-order valence-corrected chi connectivity index (χ0v) is 12.3. The maximum absolute atomic E-state index is 11.9. The summed E-state index contributed by atoms with van der Waals surface area (Å²) in [5, 5.41) is 5.34.